The van der Waals surface area contributed by atoms with Crippen molar-refractivity contribution in [3.63, 3.8) is 0 Å². The Morgan fingerprint density at radius 1 is 1.50 bits per heavy atom. The number of ether oxygens (including phenoxy) is 1. The standard InChI is InChI=1S/C16H21ClN4O2S/c1-10(20-24(22)15(2,3)4)13-7-12(17)6-11-8-16(5,9-19-21-18)23-14(11)13/h6-7H,8-9H2,1-5H3/t16?,24-/m1/s1. The van der Waals surface area contributed by atoms with E-state index in [-0.39, 0.29) is 6.54 Å². The molecular weight excluding hydrogens is 348 g/mol. The summed E-state index contributed by atoms with van der Waals surface area (Å²) in [6, 6.07) is 3.61. The first-order valence-corrected chi connectivity index (χ1v) is 9.04. The fourth-order valence-corrected chi connectivity index (χ4v) is 3.30. The molecule has 24 heavy (non-hydrogen) atoms. The van der Waals surface area contributed by atoms with Crippen LogP contribution >= 0.6 is 11.6 Å². The molecule has 1 aromatic carbocycles. The maximum absolute atomic E-state index is 12.3. The summed E-state index contributed by atoms with van der Waals surface area (Å²) in [7, 11) is -1.37. The van der Waals surface area contributed by atoms with Crippen LogP contribution in [0.25, 0.3) is 10.4 Å². The quantitative estimate of drug-likeness (QED) is 0.336. The third-order valence-corrected chi connectivity index (χ3v) is 5.35. The Hall–Kier alpha value is -1.56. The molecule has 0 aromatic heterocycles. The number of rotatable bonds is 4. The van der Waals surface area contributed by atoms with E-state index in [1.165, 1.54) is 0 Å². The zero-order valence-corrected chi connectivity index (χ0v) is 16.0. The summed E-state index contributed by atoms with van der Waals surface area (Å²) >= 11 is 6.23. The predicted octanol–water partition coefficient (Wildman–Crippen LogP) is 4.62. The van der Waals surface area contributed by atoms with E-state index in [9.17, 15) is 4.21 Å². The minimum Gasteiger partial charge on any atom is -0.486 e. The Morgan fingerprint density at radius 3 is 2.75 bits per heavy atom. The smallest absolute Gasteiger partial charge is 0.145 e. The van der Waals surface area contributed by atoms with E-state index in [1.54, 1.807) is 13.0 Å². The van der Waals surface area contributed by atoms with Crippen LogP contribution in [0.4, 0.5) is 0 Å². The summed E-state index contributed by atoms with van der Waals surface area (Å²) in [5.41, 5.74) is 10.2. The van der Waals surface area contributed by atoms with Crippen molar-refractivity contribution in [2.45, 2.75) is 51.4 Å². The number of benzene rings is 1. The normalized spacial score (nSPS) is 21.7. The van der Waals surface area contributed by atoms with Gasteiger partial charge in [0.25, 0.3) is 0 Å². The molecule has 0 amide bonds. The van der Waals surface area contributed by atoms with Gasteiger partial charge in [0.2, 0.25) is 0 Å². The first-order chi connectivity index (χ1) is 11.1. The lowest BCUT2D eigenvalue weighted by atomic mass is 9.98. The highest BCUT2D eigenvalue weighted by Gasteiger charge is 2.36. The molecule has 0 bridgehead atoms. The van der Waals surface area contributed by atoms with Crippen molar-refractivity contribution in [2.24, 2.45) is 9.51 Å². The largest absolute Gasteiger partial charge is 0.486 e. The van der Waals surface area contributed by atoms with Gasteiger partial charge in [-0.2, -0.15) is 4.40 Å². The zero-order valence-electron chi connectivity index (χ0n) is 14.5. The Morgan fingerprint density at radius 2 is 2.17 bits per heavy atom. The summed E-state index contributed by atoms with van der Waals surface area (Å²) < 4.78 is 22.2. The first kappa shape index (κ1) is 18.8. The van der Waals surface area contributed by atoms with E-state index in [0.717, 1.165) is 11.1 Å². The average molecular weight is 369 g/mol. The maximum atomic E-state index is 12.3. The number of nitrogens with zero attached hydrogens (tertiary/aromatic N) is 4. The van der Waals surface area contributed by atoms with Crippen LogP contribution in [0.15, 0.2) is 21.6 Å². The number of fused-ring (bicyclic) bond motifs is 1. The van der Waals surface area contributed by atoms with Gasteiger partial charge in [0.05, 0.1) is 17.0 Å². The Bertz CT molecular complexity index is 766. The number of halogens is 1. The SMILES string of the molecule is CC(=N[S@](=O)C(C)(C)C)c1cc(Cl)cc2c1OC(C)(CN=[N+]=[N-])C2. The summed E-state index contributed by atoms with van der Waals surface area (Å²) in [5.74, 6) is 0.669. The zero-order chi connectivity index (χ0) is 18.1. The molecule has 1 unspecified atom stereocenters. The molecule has 2 atom stereocenters. The minimum atomic E-state index is -1.37. The predicted molar refractivity (Wildman–Crippen MR) is 98.3 cm³/mol. The van der Waals surface area contributed by atoms with Crippen LogP contribution in [0.5, 0.6) is 5.75 Å². The second-order valence-electron chi connectivity index (χ2n) is 7.10. The van der Waals surface area contributed by atoms with E-state index in [4.69, 9.17) is 21.9 Å². The van der Waals surface area contributed by atoms with Gasteiger partial charge in [-0.3, -0.25) is 0 Å². The van der Waals surface area contributed by atoms with Gasteiger partial charge in [-0.05, 0) is 52.3 Å². The monoisotopic (exact) mass is 368 g/mol. The summed E-state index contributed by atoms with van der Waals surface area (Å²) in [5, 5.41) is 4.20. The second-order valence-corrected chi connectivity index (χ2v) is 9.44. The third-order valence-electron chi connectivity index (χ3n) is 3.65. The van der Waals surface area contributed by atoms with Gasteiger partial charge >= 0.3 is 0 Å². The van der Waals surface area contributed by atoms with Crippen LogP contribution in [0.1, 0.15) is 45.7 Å². The van der Waals surface area contributed by atoms with Crippen LogP contribution in [0.3, 0.4) is 0 Å². The Balaban J connectivity index is 2.44. The summed E-state index contributed by atoms with van der Waals surface area (Å²) in [6.07, 6.45) is 0.588. The molecule has 8 heteroatoms. The van der Waals surface area contributed by atoms with Gasteiger partial charge < -0.3 is 4.74 Å². The molecule has 0 N–H and O–H groups in total. The molecule has 1 aromatic rings. The van der Waals surface area contributed by atoms with Gasteiger partial charge in [0.15, 0.2) is 0 Å². The summed E-state index contributed by atoms with van der Waals surface area (Å²) in [6.45, 7) is 9.52. The maximum Gasteiger partial charge on any atom is 0.145 e. The average Bonchev–Trinajstić information content (AvgIpc) is 2.79. The van der Waals surface area contributed by atoms with Gasteiger partial charge in [0, 0.05) is 27.5 Å². The van der Waals surface area contributed by atoms with Crippen LogP contribution < -0.4 is 4.74 Å². The van der Waals surface area contributed by atoms with E-state index in [0.29, 0.717) is 22.9 Å². The van der Waals surface area contributed by atoms with Crippen LogP contribution in [0, 0.1) is 0 Å². The molecule has 1 aliphatic rings. The second kappa shape index (κ2) is 6.75. The molecule has 130 valence electrons. The van der Waals surface area contributed by atoms with Crippen molar-refractivity contribution in [3.8, 4) is 5.75 Å². The lowest BCUT2D eigenvalue weighted by Crippen LogP contribution is -2.33. The number of hydrogen-bond acceptors (Lipinski definition) is 3. The van der Waals surface area contributed by atoms with Crippen molar-refractivity contribution in [3.05, 3.63) is 38.7 Å². The van der Waals surface area contributed by atoms with Gasteiger partial charge in [0.1, 0.15) is 22.3 Å². The van der Waals surface area contributed by atoms with E-state index < -0.39 is 21.3 Å². The summed E-state index contributed by atoms with van der Waals surface area (Å²) in [4.78, 5) is 2.80. The fourth-order valence-electron chi connectivity index (χ4n) is 2.44. The molecule has 0 aliphatic carbocycles. The number of hydrogen-bond donors (Lipinski definition) is 0. The van der Waals surface area contributed by atoms with Crippen molar-refractivity contribution >= 4 is 28.3 Å². The molecule has 0 spiro atoms. The van der Waals surface area contributed by atoms with Crippen LogP contribution in [-0.2, 0) is 17.4 Å². The number of azide groups is 1. The highest BCUT2D eigenvalue weighted by Crippen LogP contribution is 2.40. The molecule has 0 radical (unpaired) electrons. The van der Waals surface area contributed by atoms with E-state index in [2.05, 4.69) is 14.4 Å². The van der Waals surface area contributed by atoms with Crippen molar-refractivity contribution in [1.29, 1.82) is 0 Å². The lowest BCUT2D eigenvalue weighted by Gasteiger charge is -2.22. The van der Waals surface area contributed by atoms with Gasteiger partial charge in [-0.15, -0.1) is 0 Å². The van der Waals surface area contributed by atoms with E-state index in [1.807, 2.05) is 33.8 Å². The minimum absolute atomic E-state index is 0.222. The first-order valence-electron chi connectivity index (χ1n) is 7.56. The topological polar surface area (TPSA) is 87.4 Å². The fraction of sp³-hybridized carbons (Fsp3) is 0.562. The highest BCUT2D eigenvalue weighted by atomic mass is 35.5. The molecular formula is C16H21ClN4O2S. The molecule has 1 heterocycles. The Kier molecular flexibility index (Phi) is 5.28. The molecule has 1 aliphatic heterocycles. The van der Waals surface area contributed by atoms with Gasteiger partial charge in [-0.1, -0.05) is 16.7 Å². The highest BCUT2D eigenvalue weighted by molar-refractivity contribution is 7.85. The third kappa shape index (κ3) is 4.09. The van der Waals surface area contributed by atoms with E-state index >= 15 is 0 Å². The van der Waals surface area contributed by atoms with Crippen molar-refractivity contribution < 1.29 is 8.95 Å². The van der Waals surface area contributed by atoms with Crippen LogP contribution in [0.2, 0.25) is 5.02 Å². The molecule has 6 nitrogen and oxygen atoms in total. The molecule has 0 saturated heterocycles. The van der Waals surface area contributed by atoms with Crippen molar-refractivity contribution in [1.82, 2.24) is 0 Å². The van der Waals surface area contributed by atoms with Crippen molar-refractivity contribution in [2.75, 3.05) is 6.54 Å². The molecule has 0 fully saturated rings. The lowest BCUT2D eigenvalue weighted by molar-refractivity contribution is 0.125. The molecule has 0 saturated carbocycles. The Labute approximate surface area is 149 Å². The molecule has 2 rings (SSSR count). The van der Waals surface area contributed by atoms with Crippen LogP contribution in [-0.4, -0.2) is 26.8 Å². The van der Waals surface area contributed by atoms with Gasteiger partial charge in [-0.25, -0.2) is 4.21 Å².